The molecule has 5 nitrogen and oxygen atoms in total. The molecule has 1 aromatic heterocycles. The van der Waals surface area contributed by atoms with Gasteiger partial charge < -0.3 is 4.90 Å². The summed E-state index contributed by atoms with van der Waals surface area (Å²) in [6, 6.07) is 20.5. The average Bonchev–Trinajstić information content (AvgIpc) is 3.12. The van der Waals surface area contributed by atoms with E-state index >= 15 is 0 Å². The number of amides is 1. The topological polar surface area (TPSA) is 41.4 Å². The van der Waals surface area contributed by atoms with Gasteiger partial charge in [-0.2, -0.15) is 5.10 Å². The zero-order valence-corrected chi connectivity index (χ0v) is 16.5. The molecular weight excluding hydrogens is 360 g/mol. The van der Waals surface area contributed by atoms with Crippen molar-refractivity contribution in [1.29, 1.82) is 0 Å². The minimum Gasteiger partial charge on any atom is -0.338 e. The summed E-state index contributed by atoms with van der Waals surface area (Å²) in [7, 11) is 0. The molecule has 0 radical (unpaired) electrons. The lowest BCUT2D eigenvalue weighted by Gasteiger charge is -2.21. The van der Waals surface area contributed by atoms with Crippen LogP contribution in [-0.2, 0) is 11.3 Å². The maximum atomic E-state index is 12.7. The van der Waals surface area contributed by atoms with Gasteiger partial charge in [0.1, 0.15) is 0 Å². The highest BCUT2D eigenvalue weighted by molar-refractivity contribution is 5.91. The van der Waals surface area contributed by atoms with E-state index < -0.39 is 0 Å². The van der Waals surface area contributed by atoms with Crippen LogP contribution in [0, 0.1) is 0 Å². The Kier molecular flexibility index (Phi) is 6.17. The Morgan fingerprint density at radius 1 is 0.931 bits per heavy atom. The smallest absolute Gasteiger partial charge is 0.246 e. The summed E-state index contributed by atoms with van der Waals surface area (Å²) in [5.41, 5.74) is 3.25. The molecule has 4 rings (SSSR count). The Balaban J connectivity index is 1.32. The molecular formula is C24H26N4O. The average molecular weight is 386 g/mol. The van der Waals surface area contributed by atoms with Gasteiger partial charge in [-0.15, -0.1) is 0 Å². The van der Waals surface area contributed by atoms with Gasteiger partial charge in [-0.3, -0.25) is 9.69 Å². The molecule has 0 atom stereocenters. The Labute approximate surface area is 171 Å². The van der Waals surface area contributed by atoms with Crippen molar-refractivity contribution in [3.05, 3.63) is 90.3 Å². The highest BCUT2D eigenvalue weighted by atomic mass is 16.2. The van der Waals surface area contributed by atoms with Crippen LogP contribution >= 0.6 is 0 Å². The predicted molar refractivity (Wildman–Crippen MR) is 116 cm³/mol. The van der Waals surface area contributed by atoms with Crippen molar-refractivity contribution in [2.75, 3.05) is 26.2 Å². The van der Waals surface area contributed by atoms with Crippen LogP contribution in [0.4, 0.5) is 0 Å². The van der Waals surface area contributed by atoms with Gasteiger partial charge in [-0.25, -0.2) is 4.68 Å². The Morgan fingerprint density at radius 3 is 2.48 bits per heavy atom. The fourth-order valence-electron chi connectivity index (χ4n) is 3.61. The third kappa shape index (κ3) is 5.21. The molecule has 1 amide bonds. The Morgan fingerprint density at radius 2 is 1.69 bits per heavy atom. The van der Waals surface area contributed by atoms with Crippen molar-refractivity contribution in [1.82, 2.24) is 19.6 Å². The maximum Gasteiger partial charge on any atom is 0.246 e. The van der Waals surface area contributed by atoms with Crippen LogP contribution in [0.1, 0.15) is 17.5 Å². The zero-order chi connectivity index (χ0) is 19.9. The third-order valence-corrected chi connectivity index (χ3v) is 5.19. The summed E-state index contributed by atoms with van der Waals surface area (Å²) in [6.07, 6.45) is 8.23. The summed E-state index contributed by atoms with van der Waals surface area (Å²) in [4.78, 5) is 17.0. The van der Waals surface area contributed by atoms with Crippen molar-refractivity contribution in [3.63, 3.8) is 0 Å². The van der Waals surface area contributed by atoms with Gasteiger partial charge in [-0.1, -0.05) is 48.5 Å². The first-order chi connectivity index (χ1) is 14.3. The molecule has 2 aromatic carbocycles. The number of carbonyl (C=O) groups is 1. The fraction of sp³-hybridized carbons (Fsp3) is 0.250. The normalized spacial score (nSPS) is 15.5. The highest BCUT2D eigenvalue weighted by Gasteiger charge is 2.17. The van der Waals surface area contributed by atoms with Crippen LogP contribution in [0.25, 0.3) is 11.8 Å². The molecule has 1 fully saturated rings. The van der Waals surface area contributed by atoms with E-state index in [-0.39, 0.29) is 5.91 Å². The lowest BCUT2D eigenvalue weighted by molar-refractivity contribution is -0.125. The van der Waals surface area contributed by atoms with E-state index in [2.05, 4.69) is 34.3 Å². The standard InChI is InChI=1S/C24H26N4O/c29-24(13-12-22-18-25-28(20-22)23-10-5-2-6-11-23)27-15-7-14-26(16-17-27)19-21-8-3-1-4-9-21/h1-6,8-13,18,20H,7,14-17,19H2. The minimum atomic E-state index is 0.0685. The SMILES string of the molecule is O=C(C=Cc1cnn(-c2ccccc2)c1)N1CCCN(Cc2ccccc2)CC1. The molecule has 0 spiro atoms. The molecule has 1 aliphatic heterocycles. The van der Waals surface area contributed by atoms with E-state index in [1.807, 2.05) is 58.3 Å². The van der Waals surface area contributed by atoms with Crippen molar-refractivity contribution < 1.29 is 4.79 Å². The number of nitrogens with zero attached hydrogens (tertiary/aromatic N) is 4. The van der Waals surface area contributed by atoms with Crippen LogP contribution in [0.3, 0.4) is 0 Å². The molecule has 29 heavy (non-hydrogen) atoms. The number of para-hydroxylation sites is 1. The minimum absolute atomic E-state index is 0.0685. The van der Waals surface area contributed by atoms with Crippen molar-refractivity contribution in [2.45, 2.75) is 13.0 Å². The number of hydrogen-bond acceptors (Lipinski definition) is 3. The Bertz CT molecular complexity index is 949. The van der Waals surface area contributed by atoms with Gasteiger partial charge in [-0.05, 0) is 30.2 Å². The van der Waals surface area contributed by atoms with Gasteiger partial charge in [0.2, 0.25) is 5.91 Å². The number of rotatable bonds is 5. The summed E-state index contributed by atoms with van der Waals surface area (Å²) in [5, 5.41) is 4.38. The van der Waals surface area contributed by atoms with Crippen molar-refractivity contribution in [3.8, 4) is 5.69 Å². The molecule has 0 bridgehead atoms. The molecule has 148 valence electrons. The molecule has 1 aliphatic rings. The van der Waals surface area contributed by atoms with Crippen LogP contribution < -0.4 is 0 Å². The zero-order valence-electron chi connectivity index (χ0n) is 16.5. The van der Waals surface area contributed by atoms with Gasteiger partial charge in [0.25, 0.3) is 0 Å². The number of carbonyl (C=O) groups excluding carboxylic acids is 1. The second-order valence-corrected chi connectivity index (χ2v) is 7.33. The second kappa shape index (κ2) is 9.34. The largest absolute Gasteiger partial charge is 0.338 e. The lowest BCUT2D eigenvalue weighted by Crippen LogP contribution is -2.34. The fourth-order valence-corrected chi connectivity index (χ4v) is 3.61. The molecule has 0 N–H and O–H groups in total. The van der Waals surface area contributed by atoms with Crippen LogP contribution in [0.2, 0.25) is 0 Å². The lowest BCUT2D eigenvalue weighted by atomic mass is 10.2. The predicted octanol–water partition coefficient (Wildman–Crippen LogP) is 3.62. The van der Waals surface area contributed by atoms with E-state index in [0.29, 0.717) is 0 Å². The van der Waals surface area contributed by atoms with Crippen molar-refractivity contribution in [2.24, 2.45) is 0 Å². The van der Waals surface area contributed by atoms with Gasteiger partial charge in [0.15, 0.2) is 0 Å². The first-order valence-corrected chi connectivity index (χ1v) is 10.1. The third-order valence-electron chi connectivity index (χ3n) is 5.19. The molecule has 1 saturated heterocycles. The van der Waals surface area contributed by atoms with E-state index in [1.54, 1.807) is 12.3 Å². The molecule has 0 saturated carbocycles. The number of hydrogen-bond donors (Lipinski definition) is 0. The van der Waals surface area contributed by atoms with E-state index in [0.717, 1.165) is 50.4 Å². The quantitative estimate of drug-likeness (QED) is 0.629. The van der Waals surface area contributed by atoms with E-state index in [9.17, 15) is 4.79 Å². The van der Waals surface area contributed by atoms with Gasteiger partial charge in [0, 0.05) is 50.6 Å². The first kappa shape index (κ1) is 19.2. The number of aromatic nitrogens is 2. The summed E-state index contributed by atoms with van der Waals surface area (Å²) in [5.74, 6) is 0.0685. The monoisotopic (exact) mass is 386 g/mol. The summed E-state index contributed by atoms with van der Waals surface area (Å²) >= 11 is 0. The molecule has 3 aromatic rings. The van der Waals surface area contributed by atoms with E-state index in [1.165, 1.54) is 5.56 Å². The molecule has 0 aliphatic carbocycles. The van der Waals surface area contributed by atoms with Gasteiger partial charge >= 0.3 is 0 Å². The summed E-state index contributed by atoms with van der Waals surface area (Å²) < 4.78 is 1.82. The van der Waals surface area contributed by atoms with Crippen LogP contribution in [0.5, 0.6) is 0 Å². The first-order valence-electron chi connectivity index (χ1n) is 10.1. The molecule has 0 unspecified atom stereocenters. The van der Waals surface area contributed by atoms with Crippen LogP contribution in [-0.4, -0.2) is 51.7 Å². The molecule has 5 heteroatoms. The second-order valence-electron chi connectivity index (χ2n) is 7.33. The van der Waals surface area contributed by atoms with Crippen LogP contribution in [0.15, 0.2) is 79.1 Å². The van der Waals surface area contributed by atoms with Gasteiger partial charge in [0.05, 0.1) is 11.9 Å². The number of benzene rings is 2. The summed E-state index contributed by atoms with van der Waals surface area (Å²) in [6.45, 7) is 4.43. The van der Waals surface area contributed by atoms with E-state index in [4.69, 9.17) is 0 Å². The Hall–Kier alpha value is -3.18. The maximum absolute atomic E-state index is 12.7. The molecule has 2 heterocycles. The highest BCUT2D eigenvalue weighted by Crippen LogP contribution is 2.11. The van der Waals surface area contributed by atoms with Crippen molar-refractivity contribution >= 4 is 12.0 Å².